The fourth-order valence-electron chi connectivity index (χ4n) is 2.15. The van der Waals surface area contributed by atoms with Crippen molar-refractivity contribution < 1.29 is 0 Å². The Labute approximate surface area is 119 Å². The van der Waals surface area contributed by atoms with Crippen LogP contribution in [-0.4, -0.2) is 9.78 Å². The summed E-state index contributed by atoms with van der Waals surface area (Å²) >= 11 is 0. The van der Waals surface area contributed by atoms with Crippen molar-refractivity contribution in [3.63, 3.8) is 0 Å². The van der Waals surface area contributed by atoms with Crippen LogP contribution in [-0.2, 0) is 13.0 Å². The summed E-state index contributed by atoms with van der Waals surface area (Å²) in [6.45, 7) is 4.95. The first-order valence-corrected chi connectivity index (χ1v) is 6.96. The van der Waals surface area contributed by atoms with Gasteiger partial charge in [-0.05, 0) is 18.9 Å². The zero-order valence-corrected chi connectivity index (χ0v) is 12.1. The van der Waals surface area contributed by atoms with Gasteiger partial charge in [-0.15, -0.1) is 0 Å². The van der Waals surface area contributed by atoms with Gasteiger partial charge in [0.25, 0.3) is 0 Å². The second kappa shape index (κ2) is 6.25. The predicted octanol–water partition coefficient (Wildman–Crippen LogP) is 3.04. The monoisotopic (exact) mass is 268 g/mol. The molecule has 0 aliphatic rings. The molecule has 4 nitrogen and oxygen atoms in total. The van der Waals surface area contributed by atoms with Crippen LogP contribution in [0, 0.1) is 18.3 Å². The van der Waals surface area contributed by atoms with Gasteiger partial charge in [-0.25, -0.2) is 4.68 Å². The maximum atomic E-state index is 9.28. The minimum absolute atomic E-state index is 0.489. The molecule has 0 aliphatic carbocycles. The second-order valence-electron chi connectivity index (χ2n) is 5.06. The fraction of sp³-hybridized carbons (Fsp3) is 0.375. The molecule has 2 aromatic rings. The first-order valence-electron chi connectivity index (χ1n) is 6.96. The normalized spacial score (nSPS) is 10.4. The Bertz CT molecular complexity index is 617. The highest BCUT2D eigenvalue weighted by Gasteiger charge is 2.15. The van der Waals surface area contributed by atoms with Gasteiger partial charge in [-0.3, -0.25) is 0 Å². The Morgan fingerprint density at radius 2 is 2.00 bits per heavy atom. The summed E-state index contributed by atoms with van der Waals surface area (Å²) < 4.78 is 1.76. The van der Waals surface area contributed by atoms with Crippen LogP contribution in [0.3, 0.4) is 0 Å². The van der Waals surface area contributed by atoms with Gasteiger partial charge in [0.15, 0.2) is 0 Å². The third-order valence-electron chi connectivity index (χ3n) is 3.39. The van der Waals surface area contributed by atoms with Crippen molar-refractivity contribution >= 4 is 5.82 Å². The van der Waals surface area contributed by atoms with E-state index < -0.39 is 0 Å². The molecule has 0 radical (unpaired) electrons. The molecule has 0 saturated carbocycles. The van der Waals surface area contributed by atoms with Crippen LogP contribution >= 0.6 is 0 Å². The van der Waals surface area contributed by atoms with Gasteiger partial charge < -0.3 is 5.73 Å². The summed E-state index contributed by atoms with van der Waals surface area (Å²) in [7, 11) is 0. The highest BCUT2D eigenvalue weighted by Crippen LogP contribution is 2.20. The maximum Gasteiger partial charge on any atom is 0.140 e. The smallest absolute Gasteiger partial charge is 0.140 e. The predicted molar refractivity (Wildman–Crippen MR) is 80.2 cm³/mol. The van der Waals surface area contributed by atoms with E-state index in [0.29, 0.717) is 17.8 Å². The van der Waals surface area contributed by atoms with Gasteiger partial charge in [-0.2, -0.15) is 10.4 Å². The van der Waals surface area contributed by atoms with Crippen LogP contribution in [0.4, 0.5) is 5.82 Å². The molecule has 0 fully saturated rings. The number of aromatic nitrogens is 2. The van der Waals surface area contributed by atoms with Crippen LogP contribution in [0.15, 0.2) is 24.3 Å². The van der Waals surface area contributed by atoms with E-state index in [1.54, 1.807) is 4.68 Å². The van der Waals surface area contributed by atoms with E-state index in [2.05, 4.69) is 49.3 Å². The molecule has 20 heavy (non-hydrogen) atoms. The van der Waals surface area contributed by atoms with E-state index in [0.717, 1.165) is 30.6 Å². The molecule has 1 aromatic carbocycles. The molecule has 0 spiro atoms. The maximum absolute atomic E-state index is 9.28. The Kier molecular flexibility index (Phi) is 4.41. The number of hydrogen-bond donors (Lipinski definition) is 1. The Balaban J connectivity index is 2.27. The van der Waals surface area contributed by atoms with Gasteiger partial charge in [0, 0.05) is 13.0 Å². The van der Waals surface area contributed by atoms with E-state index in [1.807, 2.05) is 0 Å². The molecule has 4 heteroatoms. The van der Waals surface area contributed by atoms with E-state index >= 15 is 0 Å². The number of anilines is 1. The quantitative estimate of drug-likeness (QED) is 0.906. The molecular weight excluding hydrogens is 248 g/mol. The minimum Gasteiger partial charge on any atom is -0.383 e. The molecular formula is C16H20N4. The summed E-state index contributed by atoms with van der Waals surface area (Å²) in [5, 5.41) is 13.8. The van der Waals surface area contributed by atoms with E-state index in [1.165, 1.54) is 5.56 Å². The first kappa shape index (κ1) is 14.1. The van der Waals surface area contributed by atoms with Gasteiger partial charge in [-0.1, -0.05) is 43.2 Å². The first-order chi connectivity index (χ1) is 9.65. The summed E-state index contributed by atoms with van der Waals surface area (Å²) in [5.74, 6) is 0.489. The molecule has 0 bridgehead atoms. The number of nitrogens with two attached hydrogens (primary N) is 1. The van der Waals surface area contributed by atoms with Crippen molar-refractivity contribution in [2.24, 2.45) is 0 Å². The Morgan fingerprint density at radius 1 is 1.30 bits per heavy atom. The zero-order chi connectivity index (χ0) is 14.5. The Hall–Kier alpha value is -2.28. The molecule has 104 valence electrons. The van der Waals surface area contributed by atoms with Crippen molar-refractivity contribution in [3.8, 4) is 6.07 Å². The number of nitriles is 1. The molecule has 1 aromatic heterocycles. The lowest BCUT2D eigenvalue weighted by Crippen LogP contribution is -2.05. The number of benzene rings is 1. The largest absolute Gasteiger partial charge is 0.383 e. The lowest BCUT2D eigenvalue weighted by atomic mass is 10.1. The average Bonchev–Trinajstić information content (AvgIpc) is 2.74. The summed E-state index contributed by atoms with van der Waals surface area (Å²) in [5.41, 5.74) is 9.66. The SMILES string of the molecule is CCCCn1nc(Cc2ccc(C)cc2)c(C#N)c1N. The van der Waals surface area contributed by atoms with Crippen molar-refractivity contribution in [3.05, 3.63) is 46.6 Å². The number of hydrogen-bond acceptors (Lipinski definition) is 3. The molecule has 0 unspecified atom stereocenters. The van der Waals surface area contributed by atoms with Crippen LogP contribution < -0.4 is 5.73 Å². The van der Waals surface area contributed by atoms with Crippen molar-refractivity contribution in [2.75, 3.05) is 5.73 Å². The summed E-state index contributed by atoms with van der Waals surface area (Å²) in [4.78, 5) is 0. The highest BCUT2D eigenvalue weighted by molar-refractivity contribution is 5.53. The van der Waals surface area contributed by atoms with Crippen molar-refractivity contribution in [2.45, 2.75) is 39.7 Å². The minimum atomic E-state index is 0.489. The number of nitrogen functional groups attached to an aromatic ring is 1. The number of unbranched alkanes of at least 4 members (excludes halogenated alkanes) is 1. The van der Waals surface area contributed by atoms with Crippen LogP contribution in [0.2, 0.25) is 0 Å². The molecule has 2 N–H and O–H groups in total. The standard InChI is InChI=1S/C16H20N4/c1-3-4-9-20-16(18)14(11-17)15(19-20)10-13-7-5-12(2)6-8-13/h5-8H,3-4,9-10,18H2,1-2H3. The lowest BCUT2D eigenvalue weighted by molar-refractivity contribution is 0.573. The third kappa shape index (κ3) is 3.00. The second-order valence-corrected chi connectivity index (χ2v) is 5.06. The van der Waals surface area contributed by atoms with Crippen LogP contribution in [0.1, 0.15) is 42.1 Å². The Morgan fingerprint density at radius 3 is 2.60 bits per heavy atom. The zero-order valence-electron chi connectivity index (χ0n) is 12.1. The molecule has 0 saturated heterocycles. The summed E-state index contributed by atoms with van der Waals surface area (Å²) in [6, 6.07) is 10.5. The van der Waals surface area contributed by atoms with Gasteiger partial charge in [0.1, 0.15) is 17.5 Å². The van der Waals surface area contributed by atoms with E-state index in [-0.39, 0.29) is 0 Å². The topological polar surface area (TPSA) is 67.6 Å². The van der Waals surface area contributed by atoms with Gasteiger partial charge in [0.2, 0.25) is 0 Å². The summed E-state index contributed by atoms with van der Waals surface area (Å²) in [6.07, 6.45) is 2.74. The van der Waals surface area contributed by atoms with Gasteiger partial charge in [0.05, 0.1) is 5.69 Å². The molecule has 2 rings (SSSR count). The number of rotatable bonds is 5. The number of aryl methyl sites for hydroxylation is 2. The van der Waals surface area contributed by atoms with Crippen molar-refractivity contribution in [1.29, 1.82) is 5.26 Å². The number of nitrogens with zero attached hydrogens (tertiary/aromatic N) is 3. The van der Waals surface area contributed by atoms with Crippen LogP contribution in [0.25, 0.3) is 0 Å². The van der Waals surface area contributed by atoms with E-state index in [4.69, 9.17) is 5.73 Å². The lowest BCUT2D eigenvalue weighted by Gasteiger charge is -2.01. The fourth-order valence-corrected chi connectivity index (χ4v) is 2.15. The molecule has 0 aliphatic heterocycles. The highest BCUT2D eigenvalue weighted by atomic mass is 15.3. The van der Waals surface area contributed by atoms with Crippen molar-refractivity contribution in [1.82, 2.24) is 9.78 Å². The molecule has 0 amide bonds. The third-order valence-corrected chi connectivity index (χ3v) is 3.39. The van der Waals surface area contributed by atoms with E-state index in [9.17, 15) is 5.26 Å². The molecule has 0 atom stereocenters. The van der Waals surface area contributed by atoms with Gasteiger partial charge >= 0.3 is 0 Å². The van der Waals surface area contributed by atoms with Crippen LogP contribution in [0.5, 0.6) is 0 Å². The molecule has 1 heterocycles. The average molecular weight is 268 g/mol.